The van der Waals surface area contributed by atoms with E-state index in [2.05, 4.69) is 54.2 Å². The highest BCUT2D eigenvalue weighted by atomic mass is 35.5. The van der Waals surface area contributed by atoms with Crippen molar-refractivity contribution < 1.29 is 4.74 Å². The van der Waals surface area contributed by atoms with Gasteiger partial charge in [-0.15, -0.1) is 11.8 Å². The average molecular weight is 451 g/mol. The summed E-state index contributed by atoms with van der Waals surface area (Å²) in [6.07, 6.45) is 1.04. The van der Waals surface area contributed by atoms with Crippen LogP contribution in [-0.2, 0) is 4.74 Å². The summed E-state index contributed by atoms with van der Waals surface area (Å²) >= 11 is 14.6. The molecule has 0 aliphatic carbocycles. The predicted octanol–water partition coefficient (Wildman–Crippen LogP) is 7.09. The molecule has 2 aromatic rings. The summed E-state index contributed by atoms with van der Waals surface area (Å²) in [5.74, 6) is 0.857. The number of hydrogen-bond acceptors (Lipinski definition) is 4. The molecule has 0 aromatic heterocycles. The van der Waals surface area contributed by atoms with Crippen LogP contribution in [0.2, 0.25) is 10.0 Å². The minimum absolute atomic E-state index is 0.128. The summed E-state index contributed by atoms with van der Waals surface area (Å²) in [7, 11) is 0. The normalized spacial score (nSPS) is 15.4. The number of rotatable bonds is 9. The van der Waals surface area contributed by atoms with E-state index in [4.69, 9.17) is 27.9 Å². The molecule has 1 unspecified atom stereocenters. The first-order valence-corrected chi connectivity index (χ1v) is 11.8. The van der Waals surface area contributed by atoms with Gasteiger partial charge in [-0.2, -0.15) is 0 Å². The Morgan fingerprint density at radius 2 is 1.90 bits per heavy atom. The molecule has 0 radical (unpaired) electrons. The number of ether oxygens (including phenoxy) is 1. The molecule has 0 spiro atoms. The van der Waals surface area contributed by atoms with E-state index >= 15 is 0 Å². The number of hydrogen-bond donors (Lipinski definition) is 0. The molecule has 29 heavy (non-hydrogen) atoms. The van der Waals surface area contributed by atoms with Crippen LogP contribution in [-0.4, -0.2) is 35.7 Å². The van der Waals surface area contributed by atoms with Crippen molar-refractivity contribution in [2.45, 2.75) is 33.2 Å². The lowest BCUT2D eigenvalue weighted by Crippen LogP contribution is -2.44. The van der Waals surface area contributed by atoms with Crippen molar-refractivity contribution in [3.63, 3.8) is 0 Å². The highest BCUT2D eigenvalue weighted by Crippen LogP contribution is 2.43. The molecule has 6 heteroatoms. The number of halogens is 2. The number of thioether (sulfide) groups is 1. The standard InChI is InChI=1S/C23H28Cl2N2OS/c1-4-13-26(22(15-28-5-2)18-9-7-6-8-10-18)27-16-29-17(3)23(27)20-12-11-19(24)14-21(20)25/h6-12,14,22H,4-5,13,15-16H2,1-3H3. The topological polar surface area (TPSA) is 15.7 Å². The summed E-state index contributed by atoms with van der Waals surface area (Å²) in [5, 5.41) is 6.14. The van der Waals surface area contributed by atoms with E-state index in [9.17, 15) is 0 Å². The van der Waals surface area contributed by atoms with Crippen molar-refractivity contribution in [2.75, 3.05) is 25.6 Å². The Kier molecular flexibility index (Phi) is 8.34. The minimum atomic E-state index is 0.128. The highest BCUT2D eigenvalue weighted by molar-refractivity contribution is 8.03. The molecule has 0 bridgehead atoms. The molecule has 1 aliphatic heterocycles. The molecule has 1 aliphatic rings. The summed E-state index contributed by atoms with van der Waals surface area (Å²) in [5.41, 5.74) is 3.43. The van der Waals surface area contributed by atoms with Gasteiger partial charge in [-0.05, 0) is 44.0 Å². The third kappa shape index (κ3) is 5.31. The Morgan fingerprint density at radius 3 is 2.55 bits per heavy atom. The number of nitrogens with zero attached hydrogens (tertiary/aromatic N) is 2. The largest absolute Gasteiger partial charge is 0.380 e. The van der Waals surface area contributed by atoms with Crippen LogP contribution >= 0.6 is 35.0 Å². The summed E-state index contributed by atoms with van der Waals surface area (Å²) in [4.78, 5) is 1.26. The van der Waals surface area contributed by atoms with Crippen molar-refractivity contribution in [1.29, 1.82) is 0 Å². The summed E-state index contributed by atoms with van der Waals surface area (Å²) in [6, 6.07) is 16.5. The second-order valence-electron chi connectivity index (χ2n) is 6.95. The Hall–Kier alpha value is -1.17. The van der Waals surface area contributed by atoms with E-state index in [1.807, 2.05) is 36.9 Å². The molecule has 0 fully saturated rings. The first-order valence-electron chi connectivity index (χ1n) is 10.0. The fourth-order valence-corrected chi connectivity index (χ4v) is 5.06. The third-order valence-corrected chi connectivity index (χ3v) is 6.52. The maximum absolute atomic E-state index is 6.60. The molecule has 1 heterocycles. The molecule has 0 N–H and O–H groups in total. The van der Waals surface area contributed by atoms with Crippen molar-refractivity contribution in [2.24, 2.45) is 0 Å². The third-order valence-electron chi connectivity index (χ3n) is 4.97. The van der Waals surface area contributed by atoms with Crippen LogP contribution in [0.15, 0.2) is 53.4 Å². The van der Waals surface area contributed by atoms with E-state index in [0.29, 0.717) is 23.3 Å². The van der Waals surface area contributed by atoms with Crippen LogP contribution < -0.4 is 0 Å². The molecule has 3 nitrogen and oxygen atoms in total. The Morgan fingerprint density at radius 1 is 1.14 bits per heavy atom. The van der Waals surface area contributed by atoms with Crippen LogP contribution in [0, 0.1) is 0 Å². The van der Waals surface area contributed by atoms with Gasteiger partial charge in [-0.3, -0.25) is 5.01 Å². The van der Waals surface area contributed by atoms with Gasteiger partial charge in [0.15, 0.2) is 0 Å². The fraction of sp³-hybridized carbons (Fsp3) is 0.391. The Balaban J connectivity index is 2.01. The first kappa shape index (κ1) is 22.5. The van der Waals surface area contributed by atoms with Gasteiger partial charge in [0.05, 0.1) is 29.2 Å². The lowest BCUT2D eigenvalue weighted by molar-refractivity contribution is -0.0341. The predicted molar refractivity (Wildman–Crippen MR) is 126 cm³/mol. The van der Waals surface area contributed by atoms with Crippen LogP contribution in [0.3, 0.4) is 0 Å². The second-order valence-corrected chi connectivity index (χ2v) is 8.95. The molecular formula is C23H28Cl2N2OS. The lowest BCUT2D eigenvalue weighted by Gasteiger charge is -2.41. The van der Waals surface area contributed by atoms with Crippen molar-refractivity contribution in [3.05, 3.63) is 74.6 Å². The number of allylic oxidation sites excluding steroid dienone is 1. The maximum atomic E-state index is 6.60. The van der Waals surface area contributed by atoms with Crippen LogP contribution in [0.4, 0.5) is 0 Å². The van der Waals surface area contributed by atoms with Crippen molar-refractivity contribution in [1.82, 2.24) is 10.0 Å². The van der Waals surface area contributed by atoms with Gasteiger partial charge in [0.25, 0.3) is 0 Å². The molecule has 1 atom stereocenters. The number of benzene rings is 2. The molecule has 156 valence electrons. The first-order chi connectivity index (χ1) is 14.1. The fourth-order valence-electron chi connectivity index (χ4n) is 3.62. The van der Waals surface area contributed by atoms with E-state index in [1.54, 1.807) is 0 Å². The van der Waals surface area contributed by atoms with Crippen LogP contribution in [0.1, 0.15) is 44.4 Å². The molecule has 2 aromatic carbocycles. The van der Waals surface area contributed by atoms with Gasteiger partial charge >= 0.3 is 0 Å². The van der Waals surface area contributed by atoms with Gasteiger partial charge in [0, 0.05) is 28.6 Å². The molecule has 0 saturated carbocycles. The SMILES string of the molecule is CCCN(C(COCC)c1ccccc1)N1CSC(C)=C1c1ccc(Cl)cc1Cl. The van der Waals surface area contributed by atoms with Crippen LogP contribution in [0.5, 0.6) is 0 Å². The van der Waals surface area contributed by atoms with Gasteiger partial charge < -0.3 is 4.74 Å². The second kappa shape index (κ2) is 10.7. The van der Waals surface area contributed by atoms with E-state index in [-0.39, 0.29) is 6.04 Å². The van der Waals surface area contributed by atoms with Gasteiger partial charge in [-0.25, -0.2) is 5.01 Å². The van der Waals surface area contributed by atoms with Crippen molar-refractivity contribution in [3.8, 4) is 0 Å². The highest BCUT2D eigenvalue weighted by Gasteiger charge is 2.33. The smallest absolute Gasteiger partial charge is 0.0846 e. The number of hydrazine groups is 1. The van der Waals surface area contributed by atoms with Crippen molar-refractivity contribution >= 4 is 40.7 Å². The van der Waals surface area contributed by atoms with E-state index in [1.165, 1.54) is 10.5 Å². The van der Waals surface area contributed by atoms with Gasteiger partial charge in [0.2, 0.25) is 0 Å². The zero-order valence-electron chi connectivity index (χ0n) is 17.2. The molecule has 0 saturated heterocycles. The average Bonchev–Trinajstić information content (AvgIpc) is 3.09. The van der Waals surface area contributed by atoms with Gasteiger partial charge in [0.1, 0.15) is 0 Å². The minimum Gasteiger partial charge on any atom is -0.380 e. The lowest BCUT2D eigenvalue weighted by atomic mass is 10.1. The monoisotopic (exact) mass is 450 g/mol. The Bertz CT molecular complexity index is 844. The van der Waals surface area contributed by atoms with Crippen LogP contribution in [0.25, 0.3) is 5.70 Å². The van der Waals surface area contributed by atoms with Gasteiger partial charge in [-0.1, -0.05) is 60.5 Å². The van der Waals surface area contributed by atoms with E-state index < -0.39 is 0 Å². The quantitative estimate of drug-likeness (QED) is 0.404. The summed E-state index contributed by atoms with van der Waals surface area (Å²) < 4.78 is 5.91. The summed E-state index contributed by atoms with van der Waals surface area (Å²) in [6.45, 7) is 8.68. The molecular weight excluding hydrogens is 423 g/mol. The van der Waals surface area contributed by atoms with E-state index in [0.717, 1.165) is 30.1 Å². The molecule has 0 amide bonds. The maximum Gasteiger partial charge on any atom is 0.0846 e. The zero-order valence-corrected chi connectivity index (χ0v) is 19.5. The molecule has 3 rings (SSSR count). The Labute approximate surface area is 188 Å². The zero-order chi connectivity index (χ0) is 20.8.